The van der Waals surface area contributed by atoms with E-state index in [9.17, 15) is 24.5 Å². The van der Waals surface area contributed by atoms with E-state index in [0.29, 0.717) is 11.3 Å². The van der Waals surface area contributed by atoms with Crippen molar-refractivity contribution in [3.63, 3.8) is 0 Å². The van der Waals surface area contributed by atoms with E-state index in [0.717, 1.165) is 0 Å². The van der Waals surface area contributed by atoms with E-state index in [1.165, 1.54) is 47.9 Å². The number of ether oxygens (including phenoxy) is 2. The molecule has 1 aromatic rings. The third kappa shape index (κ3) is 3.64. The number of thioether (sulfide) groups is 1. The van der Waals surface area contributed by atoms with Crippen LogP contribution in [0.25, 0.3) is 0 Å². The first kappa shape index (κ1) is 18.9. The molecule has 1 aromatic carbocycles. The largest absolute Gasteiger partial charge is 0.461 e. The second kappa shape index (κ2) is 7.37. The van der Waals surface area contributed by atoms with Gasteiger partial charge < -0.3 is 15.2 Å². The van der Waals surface area contributed by atoms with Gasteiger partial charge in [0.15, 0.2) is 0 Å². The summed E-state index contributed by atoms with van der Waals surface area (Å²) in [4.78, 5) is 47.3. The number of non-ortho nitro benzene ring substituents is 1. The van der Waals surface area contributed by atoms with E-state index in [4.69, 9.17) is 15.2 Å². The van der Waals surface area contributed by atoms with Crippen LogP contribution in [0.15, 0.2) is 35.5 Å². The molecule has 2 atom stereocenters. The minimum Gasteiger partial charge on any atom is -0.461 e. The van der Waals surface area contributed by atoms with E-state index in [-0.39, 0.29) is 23.7 Å². The maximum atomic E-state index is 12.7. The Bertz CT molecular complexity index is 852. The van der Waals surface area contributed by atoms with Gasteiger partial charge >= 0.3 is 11.9 Å². The first-order valence-electron chi connectivity index (χ1n) is 7.82. The SMILES string of the molecule is CC(=O)OCC1=C(C(=O)Oc2ccc([N+](=O)[O-])cc2)N2C(=O)[C@@H](N)[C@H]2SC1. The number of amides is 1. The van der Waals surface area contributed by atoms with E-state index in [1.807, 2.05) is 0 Å². The topological polar surface area (TPSA) is 142 Å². The number of hydrogen-bond acceptors (Lipinski definition) is 9. The second-order valence-electron chi connectivity index (χ2n) is 5.81. The number of carbonyl (C=O) groups is 3. The number of nitrogens with two attached hydrogens (primary N) is 1. The molecule has 11 heteroatoms. The number of rotatable bonds is 5. The summed E-state index contributed by atoms with van der Waals surface area (Å²) < 4.78 is 10.2. The standard InChI is InChI=1S/C16H15N3O7S/c1-8(20)25-6-9-7-27-15-12(17)14(21)18(15)13(9)16(22)26-11-4-2-10(3-5-11)19(23)24/h2-5,12,15H,6-7,17H2,1H3/t12-,15-/m1/s1. The summed E-state index contributed by atoms with van der Waals surface area (Å²) >= 11 is 1.37. The Kier molecular flexibility index (Phi) is 5.15. The van der Waals surface area contributed by atoms with Gasteiger partial charge in [0, 0.05) is 30.4 Å². The van der Waals surface area contributed by atoms with Gasteiger partial charge in [0.25, 0.3) is 5.69 Å². The summed E-state index contributed by atoms with van der Waals surface area (Å²) in [7, 11) is 0. The zero-order valence-corrected chi connectivity index (χ0v) is 14.9. The van der Waals surface area contributed by atoms with Crippen molar-refractivity contribution in [3.05, 3.63) is 45.6 Å². The maximum absolute atomic E-state index is 12.7. The smallest absolute Gasteiger partial charge is 0.360 e. The molecule has 27 heavy (non-hydrogen) atoms. The highest BCUT2D eigenvalue weighted by Crippen LogP contribution is 2.40. The van der Waals surface area contributed by atoms with Crippen LogP contribution >= 0.6 is 11.8 Å². The van der Waals surface area contributed by atoms with E-state index in [2.05, 4.69) is 0 Å². The first-order valence-corrected chi connectivity index (χ1v) is 8.86. The molecule has 1 amide bonds. The van der Waals surface area contributed by atoms with Crippen LogP contribution in [0.5, 0.6) is 5.75 Å². The average Bonchev–Trinajstić information content (AvgIpc) is 2.65. The molecule has 0 unspecified atom stereocenters. The fourth-order valence-electron chi connectivity index (χ4n) is 2.66. The van der Waals surface area contributed by atoms with Crippen molar-refractivity contribution < 1.29 is 28.8 Å². The molecule has 2 aliphatic heterocycles. The quantitative estimate of drug-likeness (QED) is 0.249. The Labute approximate surface area is 157 Å². The molecule has 2 aliphatic rings. The molecule has 142 valence electrons. The minimum absolute atomic E-state index is 0.00921. The molecule has 0 saturated carbocycles. The highest BCUT2D eigenvalue weighted by Gasteiger charge is 2.52. The van der Waals surface area contributed by atoms with Crippen molar-refractivity contribution in [1.82, 2.24) is 4.90 Å². The van der Waals surface area contributed by atoms with Gasteiger partial charge in [0.2, 0.25) is 5.91 Å². The molecule has 0 aliphatic carbocycles. The molecule has 1 fully saturated rings. The van der Waals surface area contributed by atoms with E-state index in [1.54, 1.807) is 0 Å². The highest BCUT2D eigenvalue weighted by molar-refractivity contribution is 8.00. The number of nitrogens with zero attached hydrogens (tertiary/aromatic N) is 2. The number of fused-ring (bicyclic) bond motifs is 1. The average molecular weight is 393 g/mol. The van der Waals surface area contributed by atoms with Crippen LogP contribution in [0.3, 0.4) is 0 Å². The van der Waals surface area contributed by atoms with Crippen LogP contribution < -0.4 is 10.5 Å². The molecular weight excluding hydrogens is 378 g/mol. The summed E-state index contributed by atoms with van der Waals surface area (Å²) in [5, 5.41) is 10.3. The molecule has 2 N–H and O–H groups in total. The summed E-state index contributed by atoms with van der Waals surface area (Å²) in [6, 6.07) is 4.23. The normalized spacial score (nSPS) is 21.3. The molecule has 0 radical (unpaired) electrons. The Hall–Kier alpha value is -2.92. The molecule has 0 aromatic heterocycles. The summed E-state index contributed by atoms with van der Waals surface area (Å²) in [6.07, 6.45) is 0. The van der Waals surface area contributed by atoms with Crippen molar-refractivity contribution in [2.75, 3.05) is 12.4 Å². The molecule has 0 bridgehead atoms. The molecule has 0 spiro atoms. The zero-order chi connectivity index (χ0) is 19.7. The molecule has 2 heterocycles. The predicted octanol–water partition coefficient (Wildman–Crippen LogP) is 0.560. The van der Waals surface area contributed by atoms with Crippen molar-refractivity contribution in [2.24, 2.45) is 5.73 Å². The third-order valence-corrected chi connectivity index (χ3v) is 5.35. The fraction of sp³-hybridized carbons (Fsp3) is 0.312. The van der Waals surface area contributed by atoms with E-state index >= 15 is 0 Å². The number of nitro benzene ring substituents is 1. The van der Waals surface area contributed by atoms with Gasteiger partial charge in [0.05, 0.1) is 4.92 Å². The lowest BCUT2D eigenvalue weighted by molar-refractivity contribution is -0.384. The van der Waals surface area contributed by atoms with Gasteiger partial charge in [-0.1, -0.05) is 0 Å². The molecule has 1 saturated heterocycles. The van der Waals surface area contributed by atoms with Crippen LogP contribution in [-0.4, -0.2) is 51.4 Å². The lowest BCUT2D eigenvalue weighted by Gasteiger charge is -2.48. The summed E-state index contributed by atoms with van der Waals surface area (Å²) in [5.41, 5.74) is 6.04. The second-order valence-corrected chi connectivity index (χ2v) is 6.91. The Morgan fingerprint density at radius 2 is 2.04 bits per heavy atom. The Balaban J connectivity index is 1.85. The van der Waals surface area contributed by atoms with Gasteiger partial charge in [0.1, 0.15) is 29.5 Å². The predicted molar refractivity (Wildman–Crippen MR) is 93.5 cm³/mol. The summed E-state index contributed by atoms with van der Waals surface area (Å²) in [5.74, 6) is -1.35. The number of carbonyl (C=O) groups excluding carboxylic acids is 3. The maximum Gasteiger partial charge on any atom is 0.360 e. The number of esters is 2. The Morgan fingerprint density at radius 1 is 1.37 bits per heavy atom. The first-order chi connectivity index (χ1) is 12.8. The lowest BCUT2D eigenvalue weighted by Crippen LogP contribution is -2.68. The summed E-state index contributed by atoms with van der Waals surface area (Å²) in [6.45, 7) is 1.08. The third-order valence-electron chi connectivity index (χ3n) is 3.99. The van der Waals surface area contributed by atoms with Crippen LogP contribution in [-0.2, 0) is 19.1 Å². The molecule has 10 nitrogen and oxygen atoms in total. The van der Waals surface area contributed by atoms with Gasteiger partial charge in [-0.25, -0.2) is 4.79 Å². The number of benzene rings is 1. The van der Waals surface area contributed by atoms with Crippen LogP contribution in [0.4, 0.5) is 5.69 Å². The highest BCUT2D eigenvalue weighted by atomic mass is 32.2. The monoisotopic (exact) mass is 393 g/mol. The van der Waals surface area contributed by atoms with Crippen LogP contribution in [0.1, 0.15) is 6.92 Å². The number of nitro groups is 1. The number of hydrogen-bond donors (Lipinski definition) is 1. The Morgan fingerprint density at radius 3 is 2.63 bits per heavy atom. The molecular formula is C16H15N3O7S. The minimum atomic E-state index is -0.823. The van der Waals surface area contributed by atoms with Crippen LogP contribution in [0, 0.1) is 10.1 Å². The van der Waals surface area contributed by atoms with E-state index < -0.39 is 34.2 Å². The van der Waals surface area contributed by atoms with Crippen molar-refractivity contribution in [3.8, 4) is 5.75 Å². The number of β-lactam (4-membered cyclic amide) rings is 1. The lowest BCUT2D eigenvalue weighted by atomic mass is 10.0. The zero-order valence-electron chi connectivity index (χ0n) is 14.1. The van der Waals surface area contributed by atoms with Crippen molar-refractivity contribution in [1.29, 1.82) is 0 Å². The van der Waals surface area contributed by atoms with Crippen molar-refractivity contribution >= 4 is 35.3 Å². The fourth-order valence-corrected chi connectivity index (χ4v) is 3.93. The van der Waals surface area contributed by atoms with Gasteiger partial charge in [-0.15, -0.1) is 11.8 Å². The van der Waals surface area contributed by atoms with Gasteiger partial charge in [-0.2, -0.15) is 0 Å². The van der Waals surface area contributed by atoms with Crippen LogP contribution in [0.2, 0.25) is 0 Å². The van der Waals surface area contributed by atoms with Gasteiger partial charge in [-0.3, -0.25) is 24.6 Å². The van der Waals surface area contributed by atoms with Crippen molar-refractivity contribution in [2.45, 2.75) is 18.3 Å². The molecule has 3 rings (SSSR count). The van der Waals surface area contributed by atoms with Gasteiger partial charge in [-0.05, 0) is 12.1 Å².